The molecule has 3 atom stereocenters. The number of fused-ring (bicyclic) bond motifs is 1. The minimum Gasteiger partial charge on any atom is -0.316 e. The molecule has 2 heterocycles. The van der Waals surface area contributed by atoms with Crippen molar-refractivity contribution in [2.75, 3.05) is 19.6 Å². The molecule has 1 N–H and O–H groups in total. The largest absolute Gasteiger partial charge is 0.316 e. The van der Waals surface area contributed by atoms with E-state index in [-0.39, 0.29) is 5.41 Å². The predicted molar refractivity (Wildman–Crippen MR) is 89.5 cm³/mol. The van der Waals surface area contributed by atoms with Crippen LogP contribution in [0.1, 0.15) is 45.2 Å². The van der Waals surface area contributed by atoms with Crippen molar-refractivity contribution in [3.8, 4) is 0 Å². The topological polar surface area (TPSA) is 15.3 Å². The molecule has 21 heavy (non-hydrogen) atoms. The third kappa shape index (κ3) is 3.02. The Hall–Kier alpha value is -0.860. The van der Waals surface area contributed by atoms with Crippen LogP contribution in [-0.4, -0.2) is 30.6 Å². The lowest BCUT2D eigenvalue weighted by Gasteiger charge is -2.27. The second-order valence-corrected chi connectivity index (χ2v) is 7.93. The van der Waals surface area contributed by atoms with Crippen molar-refractivity contribution in [2.24, 2.45) is 11.8 Å². The first-order valence-electron chi connectivity index (χ1n) is 8.53. The average Bonchev–Trinajstić information content (AvgIpc) is 2.98. The number of nitrogens with zero attached hydrogens (tertiary/aromatic N) is 1. The lowest BCUT2D eigenvalue weighted by molar-refractivity contribution is 0.210. The summed E-state index contributed by atoms with van der Waals surface area (Å²) in [4.78, 5) is 2.72. The molecule has 3 unspecified atom stereocenters. The number of nitrogens with one attached hydrogen (secondary N) is 1. The fourth-order valence-corrected chi connectivity index (χ4v) is 4.20. The van der Waals surface area contributed by atoms with Crippen molar-refractivity contribution in [1.82, 2.24) is 10.2 Å². The van der Waals surface area contributed by atoms with Crippen molar-refractivity contribution in [2.45, 2.75) is 52.1 Å². The molecule has 116 valence electrons. The van der Waals surface area contributed by atoms with Crippen molar-refractivity contribution in [1.29, 1.82) is 0 Å². The van der Waals surface area contributed by atoms with Crippen molar-refractivity contribution in [3.05, 3.63) is 35.4 Å². The molecule has 0 bridgehead atoms. The Bertz CT molecular complexity index is 471. The van der Waals surface area contributed by atoms with E-state index in [9.17, 15) is 0 Å². The number of hydrogen-bond donors (Lipinski definition) is 1. The van der Waals surface area contributed by atoms with Gasteiger partial charge in [-0.1, -0.05) is 52.0 Å². The first-order valence-corrected chi connectivity index (χ1v) is 8.53. The van der Waals surface area contributed by atoms with Crippen LogP contribution in [-0.2, 0) is 12.0 Å². The van der Waals surface area contributed by atoms with E-state index in [0.717, 1.165) is 24.4 Å². The van der Waals surface area contributed by atoms with Gasteiger partial charge in [0.15, 0.2) is 0 Å². The molecular formula is C19H30N2. The molecule has 2 nitrogen and oxygen atoms in total. The van der Waals surface area contributed by atoms with Crippen LogP contribution in [0.15, 0.2) is 24.3 Å². The highest BCUT2D eigenvalue weighted by molar-refractivity contribution is 5.27. The minimum atomic E-state index is 0.251. The highest BCUT2D eigenvalue weighted by atomic mass is 15.2. The predicted octanol–water partition coefficient (Wildman–Crippen LogP) is 3.41. The third-order valence-corrected chi connectivity index (χ3v) is 5.45. The van der Waals surface area contributed by atoms with Gasteiger partial charge < -0.3 is 5.32 Å². The van der Waals surface area contributed by atoms with Crippen molar-refractivity contribution in [3.63, 3.8) is 0 Å². The van der Waals surface area contributed by atoms with Gasteiger partial charge in [0, 0.05) is 19.1 Å². The van der Waals surface area contributed by atoms with Crippen LogP contribution >= 0.6 is 0 Å². The van der Waals surface area contributed by atoms with Crippen LogP contribution in [0.5, 0.6) is 0 Å². The van der Waals surface area contributed by atoms with E-state index >= 15 is 0 Å². The maximum absolute atomic E-state index is 3.57. The molecule has 1 aromatic rings. The molecule has 0 aliphatic carbocycles. The van der Waals surface area contributed by atoms with Crippen molar-refractivity contribution >= 4 is 0 Å². The Labute approximate surface area is 129 Å². The third-order valence-electron chi connectivity index (χ3n) is 5.45. The van der Waals surface area contributed by atoms with Gasteiger partial charge in [-0.25, -0.2) is 0 Å². The molecule has 2 aliphatic heterocycles. The normalized spacial score (nSPS) is 29.8. The van der Waals surface area contributed by atoms with E-state index in [1.54, 1.807) is 0 Å². The van der Waals surface area contributed by atoms with E-state index in [2.05, 4.69) is 62.2 Å². The van der Waals surface area contributed by atoms with Gasteiger partial charge in [0.05, 0.1) is 0 Å². The fraction of sp³-hybridized carbons (Fsp3) is 0.684. The molecular weight excluding hydrogens is 256 g/mol. The summed E-state index contributed by atoms with van der Waals surface area (Å²) >= 11 is 0. The Morgan fingerprint density at radius 3 is 2.48 bits per heavy atom. The first-order chi connectivity index (χ1) is 9.99. The van der Waals surface area contributed by atoms with Crippen LogP contribution < -0.4 is 5.32 Å². The maximum atomic E-state index is 3.57. The number of rotatable bonds is 3. The summed E-state index contributed by atoms with van der Waals surface area (Å²) in [6.45, 7) is 14.0. The molecule has 0 amide bonds. The number of hydrogen-bond acceptors (Lipinski definition) is 2. The summed E-state index contributed by atoms with van der Waals surface area (Å²) in [5.41, 5.74) is 3.15. The molecule has 0 saturated carbocycles. The minimum absolute atomic E-state index is 0.251. The second-order valence-electron chi connectivity index (χ2n) is 7.93. The Balaban J connectivity index is 1.69. The molecule has 2 fully saturated rings. The zero-order chi connectivity index (χ0) is 15.0. The molecule has 0 aromatic heterocycles. The Morgan fingerprint density at radius 2 is 1.86 bits per heavy atom. The van der Waals surface area contributed by atoms with E-state index in [0.29, 0.717) is 0 Å². The summed E-state index contributed by atoms with van der Waals surface area (Å²) < 4.78 is 0. The van der Waals surface area contributed by atoms with Crippen LogP contribution in [0.2, 0.25) is 0 Å². The summed E-state index contributed by atoms with van der Waals surface area (Å²) in [5, 5.41) is 3.57. The van der Waals surface area contributed by atoms with Gasteiger partial charge in [0.2, 0.25) is 0 Å². The first kappa shape index (κ1) is 15.1. The summed E-state index contributed by atoms with van der Waals surface area (Å²) in [6, 6.07) is 10.1. The summed E-state index contributed by atoms with van der Waals surface area (Å²) in [7, 11) is 0. The molecule has 2 saturated heterocycles. The average molecular weight is 286 g/mol. The van der Waals surface area contributed by atoms with E-state index < -0.39 is 0 Å². The number of likely N-dealkylation sites (tertiary alicyclic amines) is 1. The van der Waals surface area contributed by atoms with Gasteiger partial charge in [-0.05, 0) is 47.9 Å². The summed E-state index contributed by atoms with van der Waals surface area (Å²) in [6.07, 6.45) is 1.28. The molecule has 1 aromatic carbocycles. The highest BCUT2D eigenvalue weighted by Gasteiger charge is 2.42. The zero-order valence-corrected chi connectivity index (χ0v) is 14.0. The molecule has 0 radical (unpaired) electrons. The van der Waals surface area contributed by atoms with E-state index in [1.165, 1.54) is 37.2 Å². The van der Waals surface area contributed by atoms with Gasteiger partial charge in [-0.15, -0.1) is 0 Å². The van der Waals surface area contributed by atoms with E-state index in [1.807, 2.05) is 0 Å². The molecule has 0 spiro atoms. The van der Waals surface area contributed by atoms with Gasteiger partial charge >= 0.3 is 0 Å². The Morgan fingerprint density at radius 1 is 1.14 bits per heavy atom. The van der Waals surface area contributed by atoms with Crippen LogP contribution in [0, 0.1) is 11.8 Å². The van der Waals surface area contributed by atoms with Gasteiger partial charge in [0.1, 0.15) is 0 Å². The van der Waals surface area contributed by atoms with Crippen LogP contribution in [0.25, 0.3) is 0 Å². The molecule has 3 rings (SSSR count). The quantitative estimate of drug-likeness (QED) is 0.916. The monoisotopic (exact) mass is 286 g/mol. The maximum Gasteiger partial charge on any atom is 0.0236 e. The number of benzene rings is 1. The lowest BCUT2D eigenvalue weighted by atomic mass is 9.86. The summed E-state index contributed by atoms with van der Waals surface area (Å²) in [5.74, 6) is 1.76. The van der Waals surface area contributed by atoms with E-state index in [4.69, 9.17) is 0 Å². The van der Waals surface area contributed by atoms with Crippen LogP contribution in [0.3, 0.4) is 0 Å². The van der Waals surface area contributed by atoms with Gasteiger partial charge in [-0.3, -0.25) is 4.90 Å². The van der Waals surface area contributed by atoms with Crippen molar-refractivity contribution < 1.29 is 0 Å². The van der Waals surface area contributed by atoms with Crippen LogP contribution in [0.4, 0.5) is 0 Å². The Kier molecular flexibility index (Phi) is 4.11. The molecule has 2 aliphatic rings. The van der Waals surface area contributed by atoms with Gasteiger partial charge in [-0.2, -0.15) is 0 Å². The lowest BCUT2D eigenvalue weighted by Crippen LogP contribution is -2.34. The highest BCUT2D eigenvalue weighted by Crippen LogP contribution is 2.35. The molecule has 2 heteroatoms. The second kappa shape index (κ2) is 5.73. The zero-order valence-electron chi connectivity index (χ0n) is 14.0. The smallest absolute Gasteiger partial charge is 0.0236 e. The standard InChI is InChI=1S/C19H30N2/c1-5-18-17-11-20-10-15(17)13-21(18)12-14-6-8-16(9-7-14)19(2,3)4/h6-9,15,17-18,20H,5,10-13H2,1-4H3. The van der Waals surface area contributed by atoms with Gasteiger partial charge in [0.25, 0.3) is 0 Å². The fourth-order valence-electron chi connectivity index (χ4n) is 4.20. The SMILES string of the molecule is CCC1C2CNCC2CN1Cc1ccc(C(C)(C)C)cc1.